The molecule has 0 heterocycles. The van der Waals surface area contributed by atoms with E-state index >= 15 is 0 Å². The summed E-state index contributed by atoms with van der Waals surface area (Å²) in [6, 6.07) is 0.846. The summed E-state index contributed by atoms with van der Waals surface area (Å²) in [5.74, 6) is 0. The van der Waals surface area contributed by atoms with E-state index in [4.69, 9.17) is 18.0 Å². The Balaban J connectivity index is 3.96. The number of hydrogen-bond acceptors (Lipinski definition) is 4. The van der Waals surface area contributed by atoms with Crippen molar-refractivity contribution in [2.75, 3.05) is 21.0 Å². The second-order valence-corrected chi connectivity index (χ2v) is 6.77. The average Bonchev–Trinajstić information content (AvgIpc) is 2.37. The molecule has 0 unspecified atom stereocenters. The highest BCUT2D eigenvalue weighted by Crippen LogP contribution is 2.18. The van der Waals surface area contributed by atoms with E-state index in [1.165, 1.54) is 19.3 Å². The van der Waals surface area contributed by atoms with Crippen LogP contribution in [0.2, 0.25) is 6.04 Å². The maximum Gasteiger partial charge on any atom is 0.502 e. The molecule has 0 atom stereocenters. The highest BCUT2D eigenvalue weighted by molar-refractivity contribution is 6.60. The topological polar surface area (TPSA) is 36.9 Å². The van der Waals surface area contributed by atoms with Gasteiger partial charge in [-0.15, -0.1) is 0 Å². The Hall–Kier alpha value is -0.363. The van der Waals surface area contributed by atoms with Crippen LogP contribution in [-0.2, 0) is 18.0 Å². The highest BCUT2D eigenvalue weighted by atomic mass is 28.4. The molecule has 102 valence electrons. The van der Waals surface area contributed by atoms with E-state index in [1.54, 1.807) is 20.5 Å². The fourth-order valence-electron chi connectivity index (χ4n) is 1.51. The highest BCUT2D eigenvalue weighted by Gasteiger charge is 2.38. The molecule has 5 heteroatoms. The molecule has 0 aromatic heterocycles. The third-order valence-corrected chi connectivity index (χ3v) is 5.31. The van der Waals surface area contributed by atoms with E-state index < -0.39 is 8.80 Å². The normalized spacial score (nSPS) is 12.2. The SMILES string of the molecule is CC=COCO[Si](CCCCCC)(OC)OC. The third-order valence-electron chi connectivity index (χ3n) is 2.54. The van der Waals surface area contributed by atoms with Crippen molar-refractivity contribution in [3.8, 4) is 0 Å². The Morgan fingerprint density at radius 3 is 2.29 bits per heavy atom. The van der Waals surface area contributed by atoms with Crippen LogP contribution >= 0.6 is 0 Å². The second-order valence-electron chi connectivity index (χ2n) is 3.80. The minimum absolute atomic E-state index is 0.187. The summed E-state index contributed by atoms with van der Waals surface area (Å²) >= 11 is 0. The maximum atomic E-state index is 5.63. The molecule has 0 saturated heterocycles. The van der Waals surface area contributed by atoms with Crippen molar-refractivity contribution in [3.05, 3.63) is 12.3 Å². The molecular formula is C12H26O4Si. The van der Waals surface area contributed by atoms with E-state index in [-0.39, 0.29) is 6.79 Å². The van der Waals surface area contributed by atoms with Crippen LogP contribution < -0.4 is 0 Å². The van der Waals surface area contributed by atoms with Crippen molar-refractivity contribution in [2.45, 2.75) is 45.6 Å². The standard InChI is InChI=1S/C12H26O4Si/c1-5-7-8-9-11-17(13-3,14-4)16-12-15-10-6-2/h6,10H,5,7-9,11-12H2,1-4H3. The summed E-state index contributed by atoms with van der Waals surface area (Å²) in [5, 5.41) is 0. The number of rotatable bonds is 11. The molecule has 0 aliphatic heterocycles. The molecule has 0 saturated carbocycles. The summed E-state index contributed by atoms with van der Waals surface area (Å²) in [7, 11) is 0.786. The fourth-order valence-corrected chi connectivity index (χ4v) is 3.39. The Morgan fingerprint density at radius 1 is 1.06 bits per heavy atom. The first-order chi connectivity index (χ1) is 8.24. The number of ether oxygens (including phenoxy) is 1. The van der Waals surface area contributed by atoms with Gasteiger partial charge in [-0.2, -0.15) is 0 Å². The lowest BCUT2D eigenvalue weighted by Crippen LogP contribution is -2.44. The molecule has 0 aromatic carbocycles. The maximum absolute atomic E-state index is 5.63. The van der Waals surface area contributed by atoms with Crippen LogP contribution in [-0.4, -0.2) is 29.8 Å². The smallest absolute Gasteiger partial charge is 0.476 e. The van der Waals surface area contributed by atoms with E-state index in [0.29, 0.717) is 0 Å². The number of unbranched alkanes of at least 4 members (excludes halogenated alkanes) is 3. The lowest BCUT2D eigenvalue weighted by atomic mass is 10.2. The van der Waals surface area contributed by atoms with Crippen LogP contribution in [0.25, 0.3) is 0 Å². The van der Waals surface area contributed by atoms with Crippen LogP contribution in [0.3, 0.4) is 0 Å². The molecule has 0 spiro atoms. The van der Waals surface area contributed by atoms with Gasteiger partial charge in [-0.05, 0) is 13.3 Å². The van der Waals surface area contributed by atoms with Gasteiger partial charge in [0.1, 0.15) is 0 Å². The zero-order valence-corrected chi connectivity index (χ0v) is 12.5. The summed E-state index contributed by atoms with van der Waals surface area (Å²) in [6.45, 7) is 4.27. The van der Waals surface area contributed by atoms with Crippen LogP contribution in [0, 0.1) is 0 Å². The van der Waals surface area contributed by atoms with Crippen molar-refractivity contribution in [2.24, 2.45) is 0 Å². The van der Waals surface area contributed by atoms with E-state index in [1.807, 2.05) is 13.0 Å². The van der Waals surface area contributed by atoms with Gasteiger partial charge in [0.15, 0.2) is 6.79 Å². The van der Waals surface area contributed by atoms with Crippen molar-refractivity contribution in [3.63, 3.8) is 0 Å². The van der Waals surface area contributed by atoms with Crippen molar-refractivity contribution >= 4 is 8.80 Å². The Kier molecular flexibility index (Phi) is 10.5. The third kappa shape index (κ3) is 7.54. The summed E-state index contributed by atoms with van der Waals surface area (Å²) in [5.41, 5.74) is 0. The molecule has 0 radical (unpaired) electrons. The monoisotopic (exact) mass is 262 g/mol. The minimum atomic E-state index is -2.50. The predicted octanol–water partition coefficient (Wildman–Crippen LogP) is 3.32. The zero-order chi connectivity index (χ0) is 13.0. The van der Waals surface area contributed by atoms with Gasteiger partial charge in [0.2, 0.25) is 0 Å². The van der Waals surface area contributed by atoms with Gasteiger partial charge in [-0.1, -0.05) is 32.3 Å². The molecular weight excluding hydrogens is 236 g/mol. The molecule has 0 rings (SSSR count). The summed E-state index contributed by atoms with van der Waals surface area (Å²) in [4.78, 5) is 0. The first kappa shape index (κ1) is 16.6. The molecule has 0 amide bonds. The van der Waals surface area contributed by atoms with Gasteiger partial charge in [-0.25, -0.2) is 0 Å². The lowest BCUT2D eigenvalue weighted by Gasteiger charge is -2.25. The molecule has 0 aliphatic rings. The molecule has 17 heavy (non-hydrogen) atoms. The number of allylic oxidation sites excluding steroid dienone is 1. The van der Waals surface area contributed by atoms with Crippen LogP contribution in [0.5, 0.6) is 0 Å². The number of hydrogen-bond donors (Lipinski definition) is 0. The van der Waals surface area contributed by atoms with Crippen LogP contribution in [0.4, 0.5) is 0 Å². The van der Waals surface area contributed by atoms with Gasteiger partial charge in [0, 0.05) is 20.3 Å². The Labute approximate surface area is 106 Å². The molecule has 0 N–H and O–H groups in total. The second kappa shape index (κ2) is 10.8. The first-order valence-electron chi connectivity index (χ1n) is 6.21. The van der Waals surface area contributed by atoms with E-state index in [9.17, 15) is 0 Å². The van der Waals surface area contributed by atoms with Gasteiger partial charge in [-0.3, -0.25) is 0 Å². The van der Waals surface area contributed by atoms with Crippen molar-refractivity contribution in [1.29, 1.82) is 0 Å². The molecule has 0 fully saturated rings. The van der Waals surface area contributed by atoms with Gasteiger partial charge in [0.25, 0.3) is 0 Å². The lowest BCUT2D eigenvalue weighted by molar-refractivity contribution is 0.00585. The summed E-state index contributed by atoms with van der Waals surface area (Å²) in [6.07, 6.45) is 8.14. The van der Waals surface area contributed by atoms with Crippen molar-refractivity contribution in [1.82, 2.24) is 0 Å². The van der Waals surface area contributed by atoms with Crippen LogP contribution in [0.15, 0.2) is 12.3 Å². The molecule has 0 aromatic rings. The van der Waals surface area contributed by atoms with Gasteiger partial charge in [0.05, 0.1) is 6.26 Å². The Morgan fingerprint density at radius 2 is 1.76 bits per heavy atom. The van der Waals surface area contributed by atoms with Gasteiger partial charge < -0.3 is 18.0 Å². The largest absolute Gasteiger partial charge is 0.502 e. The molecule has 0 bridgehead atoms. The minimum Gasteiger partial charge on any atom is -0.476 e. The zero-order valence-electron chi connectivity index (χ0n) is 11.5. The quantitative estimate of drug-likeness (QED) is 0.248. The molecule has 4 nitrogen and oxygen atoms in total. The first-order valence-corrected chi connectivity index (χ1v) is 8.15. The average molecular weight is 262 g/mol. The molecule has 0 aliphatic carbocycles. The summed E-state index contributed by atoms with van der Waals surface area (Å²) < 4.78 is 21.6. The van der Waals surface area contributed by atoms with Crippen molar-refractivity contribution < 1.29 is 18.0 Å². The van der Waals surface area contributed by atoms with E-state index in [2.05, 4.69) is 6.92 Å². The fraction of sp³-hybridized carbons (Fsp3) is 0.833. The van der Waals surface area contributed by atoms with Gasteiger partial charge >= 0.3 is 8.80 Å². The van der Waals surface area contributed by atoms with Crippen LogP contribution in [0.1, 0.15) is 39.5 Å². The Bertz CT molecular complexity index is 193. The predicted molar refractivity (Wildman–Crippen MR) is 70.6 cm³/mol. The van der Waals surface area contributed by atoms with E-state index in [0.717, 1.165) is 12.5 Å².